The molecule has 6 rings (SSSR count). The van der Waals surface area contributed by atoms with Crippen molar-refractivity contribution in [1.29, 1.82) is 0 Å². The lowest BCUT2D eigenvalue weighted by atomic mass is 9.85. The van der Waals surface area contributed by atoms with Gasteiger partial charge in [0.2, 0.25) is 11.8 Å². The predicted molar refractivity (Wildman–Crippen MR) is 140 cm³/mol. The van der Waals surface area contributed by atoms with Crippen molar-refractivity contribution in [2.45, 2.75) is 12.5 Å². The van der Waals surface area contributed by atoms with Gasteiger partial charge in [-0.25, -0.2) is 4.79 Å². The Morgan fingerprint density at radius 3 is 2.22 bits per heavy atom. The van der Waals surface area contributed by atoms with Crippen LogP contribution in [0.3, 0.4) is 0 Å². The van der Waals surface area contributed by atoms with Gasteiger partial charge in [-0.2, -0.15) is 0 Å². The number of hydrogen-bond donors (Lipinski definition) is 0. The minimum absolute atomic E-state index is 0.0944. The molecule has 0 spiro atoms. The average Bonchev–Trinajstić information content (AvgIpc) is 3.60. The fourth-order valence-electron chi connectivity index (χ4n) is 6.42. The van der Waals surface area contributed by atoms with Crippen LogP contribution in [-0.4, -0.2) is 73.0 Å². The van der Waals surface area contributed by atoms with E-state index in [0.717, 1.165) is 38.3 Å². The number of benzene rings is 2. The molecule has 4 aliphatic rings. The van der Waals surface area contributed by atoms with Crippen molar-refractivity contribution in [2.75, 3.05) is 44.2 Å². The minimum atomic E-state index is -0.609. The third-order valence-corrected chi connectivity index (χ3v) is 8.47. The fraction of sp³-hybridized carbons (Fsp3) is 0.414. The summed E-state index contributed by atoms with van der Waals surface area (Å²) < 4.78 is 5.94. The van der Waals surface area contributed by atoms with Gasteiger partial charge in [-0.3, -0.25) is 19.4 Å². The molecule has 5 atom stereocenters. The van der Waals surface area contributed by atoms with E-state index in [4.69, 9.17) is 16.3 Å². The lowest BCUT2D eigenvalue weighted by Gasteiger charge is -2.38. The summed E-state index contributed by atoms with van der Waals surface area (Å²) in [5.41, 5.74) is 1.54. The number of nitrogens with zero attached hydrogens (tertiary/aromatic N) is 3. The summed E-state index contributed by atoms with van der Waals surface area (Å²) in [5, 5.41) is 0.709. The molecule has 7 nitrogen and oxygen atoms in total. The maximum absolute atomic E-state index is 13.3. The summed E-state index contributed by atoms with van der Waals surface area (Å²) in [6.45, 7) is 3.71. The van der Waals surface area contributed by atoms with E-state index in [1.165, 1.54) is 4.90 Å². The molecular weight excluding hydrogens is 490 g/mol. The molecule has 2 aromatic rings. The van der Waals surface area contributed by atoms with Crippen molar-refractivity contribution in [3.8, 4) is 0 Å². The summed E-state index contributed by atoms with van der Waals surface area (Å²) in [6.07, 6.45) is 4.46. The number of amides is 2. The van der Waals surface area contributed by atoms with Gasteiger partial charge in [0.15, 0.2) is 0 Å². The quantitative estimate of drug-likeness (QED) is 0.317. The molecule has 2 aliphatic heterocycles. The Hall–Kier alpha value is -3.16. The van der Waals surface area contributed by atoms with E-state index >= 15 is 0 Å². The van der Waals surface area contributed by atoms with Crippen LogP contribution in [0.25, 0.3) is 0 Å². The lowest BCUT2D eigenvalue weighted by molar-refractivity contribution is -0.142. The van der Waals surface area contributed by atoms with Crippen LogP contribution in [0.2, 0.25) is 5.02 Å². The topological polar surface area (TPSA) is 70.2 Å². The van der Waals surface area contributed by atoms with Crippen molar-refractivity contribution < 1.29 is 19.1 Å². The maximum atomic E-state index is 13.3. The molecule has 0 aromatic heterocycles. The first-order valence-electron chi connectivity index (χ1n) is 13.0. The molecule has 3 unspecified atom stereocenters. The molecule has 192 valence electrons. The van der Waals surface area contributed by atoms with Gasteiger partial charge in [0.05, 0.1) is 23.9 Å². The number of hydrogen-bond acceptors (Lipinski definition) is 6. The summed E-state index contributed by atoms with van der Waals surface area (Å²) in [6, 6.07) is 16.7. The van der Waals surface area contributed by atoms with E-state index in [-0.39, 0.29) is 42.0 Å². The monoisotopic (exact) mass is 519 g/mol. The number of likely N-dealkylation sites (tertiary alicyclic amines) is 1. The van der Waals surface area contributed by atoms with Gasteiger partial charge in [-0.1, -0.05) is 48.0 Å². The molecule has 8 heteroatoms. The number of halogens is 1. The fourth-order valence-corrected chi connectivity index (χ4v) is 6.61. The Labute approximate surface area is 221 Å². The zero-order valence-corrected chi connectivity index (χ0v) is 21.3. The average molecular weight is 520 g/mol. The van der Waals surface area contributed by atoms with Crippen LogP contribution in [0.4, 0.5) is 5.69 Å². The first-order valence-corrected chi connectivity index (χ1v) is 13.4. The Balaban J connectivity index is 1.15. The molecule has 37 heavy (non-hydrogen) atoms. The molecular formula is C29H30ClN3O4. The highest BCUT2D eigenvalue weighted by atomic mass is 35.5. The van der Waals surface area contributed by atoms with Crippen molar-refractivity contribution in [1.82, 2.24) is 9.80 Å². The predicted octanol–water partition coefficient (Wildman–Crippen LogP) is 3.49. The Bertz CT molecular complexity index is 1200. The van der Waals surface area contributed by atoms with Crippen LogP contribution in [0.1, 0.15) is 16.8 Å². The lowest BCUT2D eigenvalue weighted by Crippen LogP contribution is -2.51. The third kappa shape index (κ3) is 4.66. The second-order valence-corrected chi connectivity index (χ2v) is 10.9. The highest BCUT2D eigenvalue weighted by Gasteiger charge is 2.59. The Kier molecular flexibility index (Phi) is 6.51. The number of piperazine rings is 1. The first-order chi connectivity index (χ1) is 18.0. The molecule has 3 fully saturated rings. The van der Waals surface area contributed by atoms with Gasteiger partial charge in [-0.05, 0) is 48.6 Å². The summed E-state index contributed by atoms with van der Waals surface area (Å²) >= 11 is 6.17. The largest absolute Gasteiger partial charge is 0.455 e. The van der Waals surface area contributed by atoms with E-state index in [1.807, 2.05) is 24.3 Å². The van der Waals surface area contributed by atoms with E-state index in [1.54, 1.807) is 24.3 Å². The van der Waals surface area contributed by atoms with Gasteiger partial charge in [0.25, 0.3) is 0 Å². The second kappa shape index (κ2) is 9.95. The number of anilines is 1. The molecule has 1 saturated carbocycles. The van der Waals surface area contributed by atoms with Gasteiger partial charge < -0.3 is 9.64 Å². The van der Waals surface area contributed by atoms with Crippen molar-refractivity contribution in [2.24, 2.45) is 23.7 Å². The molecule has 2 aromatic carbocycles. The number of rotatable bonds is 7. The normalized spacial score (nSPS) is 27.6. The zero-order valence-electron chi connectivity index (χ0n) is 20.5. The summed E-state index contributed by atoms with van der Waals surface area (Å²) in [4.78, 5) is 45.4. The Morgan fingerprint density at radius 2 is 1.57 bits per heavy atom. The van der Waals surface area contributed by atoms with Crippen molar-refractivity contribution in [3.05, 3.63) is 77.3 Å². The number of esters is 1. The summed E-state index contributed by atoms with van der Waals surface area (Å²) in [7, 11) is 0. The summed E-state index contributed by atoms with van der Waals surface area (Å²) in [5.74, 6) is -0.868. The first kappa shape index (κ1) is 24.2. The van der Waals surface area contributed by atoms with E-state index in [9.17, 15) is 14.4 Å². The Morgan fingerprint density at radius 1 is 0.892 bits per heavy atom. The van der Waals surface area contributed by atoms with Crippen molar-refractivity contribution in [3.63, 3.8) is 0 Å². The van der Waals surface area contributed by atoms with Gasteiger partial charge in [0, 0.05) is 43.4 Å². The van der Waals surface area contributed by atoms with Gasteiger partial charge >= 0.3 is 5.97 Å². The van der Waals surface area contributed by atoms with E-state index in [2.05, 4.69) is 28.0 Å². The van der Waals surface area contributed by atoms with Crippen molar-refractivity contribution >= 4 is 35.1 Å². The van der Waals surface area contributed by atoms with Crippen LogP contribution in [-0.2, 0) is 14.3 Å². The molecule has 2 saturated heterocycles. The van der Waals surface area contributed by atoms with E-state index in [0.29, 0.717) is 17.1 Å². The number of allylic oxidation sites excluding steroid dienone is 2. The number of carbonyl (C=O) groups excluding carboxylic acids is 3. The molecule has 2 aliphatic carbocycles. The molecule has 2 bridgehead atoms. The molecule has 0 N–H and O–H groups in total. The standard InChI is InChI=1S/C29H30ClN3O4/c30-22-7-4-8-23(16-22)32-13-11-31(12-14-32)17-24(37-29(36)19-5-2-1-3-6-19)18-33-27(34)25-20-9-10-21(15-20)26(25)28(33)35/h1-10,16,20-21,24-26H,11-15,17-18H2/t20-,21?,24?,25-,26?/m0/s1. The zero-order chi connectivity index (χ0) is 25.5. The van der Waals surface area contributed by atoms with Crippen LogP contribution in [0.15, 0.2) is 66.7 Å². The highest BCUT2D eigenvalue weighted by molar-refractivity contribution is 6.30. The molecule has 0 radical (unpaired) electrons. The van der Waals surface area contributed by atoms with Crippen LogP contribution in [0.5, 0.6) is 0 Å². The number of carbonyl (C=O) groups is 3. The SMILES string of the molecule is O=C(OC(CN1CCN(c2cccc(Cl)c2)CC1)CN1C(=O)C2C3C=C[C@@H](C3)[C@@H]2C1=O)c1ccccc1. The second-order valence-electron chi connectivity index (χ2n) is 10.4. The highest BCUT2D eigenvalue weighted by Crippen LogP contribution is 2.52. The maximum Gasteiger partial charge on any atom is 0.338 e. The van der Waals surface area contributed by atoms with Crippen LogP contribution < -0.4 is 4.90 Å². The van der Waals surface area contributed by atoms with Gasteiger partial charge in [0.1, 0.15) is 6.10 Å². The van der Waals surface area contributed by atoms with Gasteiger partial charge in [-0.15, -0.1) is 0 Å². The minimum Gasteiger partial charge on any atom is -0.455 e. The number of fused-ring (bicyclic) bond motifs is 5. The molecule has 2 heterocycles. The number of imide groups is 1. The smallest absolute Gasteiger partial charge is 0.338 e. The number of ether oxygens (including phenoxy) is 1. The van der Waals surface area contributed by atoms with E-state index < -0.39 is 12.1 Å². The molecule has 2 amide bonds. The third-order valence-electron chi connectivity index (χ3n) is 8.24. The van der Waals surface area contributed by atoms with Crippen LogP contribution in [0, 0.1) is 23.7 Å². The van der Waals surface area contributed by atoms with Crippen LogP contribution >= 0.6 is 11.6 Å².